The van der Waals surface area contributed by atoms with E-state index in [1.807, 2.05) is 0 Å². The molecule has 1 saturated heterocycles. The molecule has 0 amide bonds. The van der Waals surface area contributed by atoms with Crippen LogP contribution >= 0.6 is 23.5 Å². The standard InChI is InChI=1S/C16H29NS2/c1-3-10-17-15(14-8-6-4-5-7-9-14)16-13(2)18-11-12-19-16/h8,13,15-17H,3-7,9-12H2,1-2H3. The molecule has 0 aromatic heterocycles. The highest BCUT2D eigenvalue weighted by Gasteiger charge is 2.32. The van der Waals surface area contributed by atoms with Gasteiger partial charge < -0.3 is 5.32 Å². The molecule has 110 valence electrons. The molecule has 0 saturated carbocycles. The molecule has 0 aromatic carbocycles. The van der Waals surface area contributed by atoms with Gasteiger partial charge in [-0.05, 0) is 38.6 Å². The largest absolute Gasteiger partial charge is 0.309 e. The van der Waals surface area contributed by atoms with E-state index in [4.69, 9.17) is 0 Å². The van der Waals surface area contributed by atoms with Crippen molar-refractivity contribution in [2.24, 2.45) is 0 Å². The SMILES string of the molecule is CCCNC(C1=CCCCCC1)C1SCCSC1C. The summed E-state index contributed by atoms with van der Waals surface area (Å²) in [5, 5.41) is 5.43. The molecule has 19 heavy (non-hydrogen) atoms. The Kier molecular flexibility index (Phi) is 7.17. The van der Waals surface area contributed by atoms with Gasteiger partial charge in [-0.15, -0.1) is 0 Å². The van der Waals surface area contributed by atoms with E-state index in [0.717, 1.165) is 17.0 Å². The molecule has 1 aliphatic carbocycles. The lowest BCUT2D eigenvalue weighted by Gasteiger charge is -2.36. The molecule has 0 bridgehead atoms. The van der Waals surface area contributed by atoms with Crippen molar-refractivity contribution in [2.45, 2.75) is 68.9 Å². The van der Waals surface area contributed by atoms with Crippen LogP contribution in [0.25, 0.3) is 0 Å². The lowest BCUT2D eigenvalue weighted by atomic mass is 9.97. The van der Waals surface area contributed by atoms with Crippen LogP contribution in [-0.2, 0) is 0 Å². The average molecular weight is 300 g/mol. The summed E-state index contributed by atoms with van der Waals surface area (Å²) in [5.41, 5.74) is 1.72. The Balaban J connectivity index is 2.06. The average Bonchev–Trinajstić information content (AvgIpc) is 2.70. The molecular formula is C16H29NS2. The molecule has 3 atom stereocenters. The van der Waals surface area contributed by atoms with E-state index in [0.29, 0.717) is 6.04 Å². The number of hydrogen-bond acceptors (Lipinski definition) is 3. The van der Waals surface area contributed by atoms with Gasteiger partial charge in [0.05, 0.1) is 0 Å². The number of rotatable bonds is 5. The van der Waals surface area contributed by atoms with E-state index in [2.05, 4.69) is 48.8 Å². The Bertz CT molecular complexity index is 290. The van der Waals surface area contributed by atoms with Gasteiger partial charge in [0.15, 0.2) is 0 Å². The highest BCUT2D eigenvalue weighted by atomic mass is 32.2. The van der Waals surface area contributed by atoms with Gasteiger partial charge in [0.2, 0.25) is 0 Å². The zero-order valence-corrected chi connectivity index (χ0v) is 14.1. The third-order valence-electron chi connectivity index (χ3n) is 4.16. The maximum atomic E-state index is 3.86. The van der Waals surface area contributed by atoms with E-state index in [9.17, 15) is 0 Å². The Labute approximate surface area is 127 Å². The van der Waals surface area contributed by atoms with E-state index in [1.165, 1.54) is 50.0 Å². The first kappa shape index (κ1) is 15.8. The highest BCUT2D eigenvalue weighted by molar-refractivity contribution is 8.07. The van der Waals surface area contributed by atoms with Crippen LogP contribution in [0.1, 0.15) is 52.4 Å². The van der Waals surface area contributed by atoms with Crippen molar-refractivity contribution in [3.8, 4) is 0 Å². The van der Waals surface area contributed by atoms with E-state index < -0.39 is 0 Å². The quantitative estimate of drug-likeness (QED) is 0.752. The minimum absolute atomic E-state index is 0.630. The zero-order valence-electron chi connectivity index (χ0n) is 12.5. The maximum Gasteiger partial charge on any atom is 0.0410 e. The summed E-state index contributed by atoms with van der Waals surface area (Å²) in [6, 6.07) is 0.630. The summed E-state index contributed by atoms with van der Waals surface area (Å²) in [7, 11) is 0. The lowest BCUT2D eigenvalue weighted by Crippen LogP contribution is -2.45. The van der Waals surface area contributed by atoms with Crippen molar-refractivity contribution in [3.05, 3.63) is 11.6 Å². The third kappa shape index (κ3) is 4.71. The highest BCUT2D eigenvalue weighted by Crippen LogP contribution is 2.36. The molecule has 2 rings (SSSR count). The van der Waals surface area contributed by atoms with Crippen LogP contribution in [-0.4, -0.2) is 34.6 Å². The van der Waals surface area contributed by atoms with Crippen LogP contribution < -0.4 is 5.32 Å². The van der Waals surface area contributed by atoms with Crippen molar-refractivity contribution >= 4 is 23.5 Å². The van der Waals surface area contributed by atoms with E-state index >= 15 is 0 Å². The summed E-state index contributed by atoms with van der Waals surface area (Å²) in [5.74, 6) is 2.67. The van der Waals surface area contributed by atoms with E-state index in [-0.39, 0.29) is 0 Å². The monoisotopic (exact) mass is 299 g/mol. The van der Waals surface area contributed by atoms with Crippen molar-refractivity contribution in [3.63, 3.8) is 0 Å². The first-order valence-corrected chi connectivity index (χ1v) is 10.1. The Hall–Kier alpha value is 0.400. The molecule has 0 aromatic rings. The lowest BCUT2D eigenvalue weighted by molar-refractivity contribution is 0.524. The number of hydrogen-bond donors (Lipinski definition) is 1. The molecule has 1 heterocycles. The molecular weight excluding hydrogens is 270 g/mol. The normalized spacial score (nSPS) is 30.5. The predicted molar refractivity (Wildman–Crippen MR) is 91.4 cm³/mol. The van der Waals surface area contributed by atoms with Crippen LogP contribution in [0.15, 0.2) is 11.6 Å². The van der Waals surface area contributed by atoms with E-state index in [1.54, 1.807) is 5.57 Å². The maximum absolute atomic E-state index is 3.86. The van der Waals surface area contributed by atoms with Crippen LogP contribution in [0.3, 0.4) is 0 Å². The third-order valence-corrected chi connectivity index (χ3v) is 7.35. The Morgan fingerprint density at radius 1 is 1.26 bits per heavy atom. The van der Waals surface area contributed by atoms with Gasteiger partial charge in [-0.3, -0.25) is 0 Å². The number of nitrogens with one attached hydrogen (secondary N) is 1. The summed E-state index contributed by atoms with van der Waals surface area (Å²) in [4.78, 5) is 0. The summed E-state index contributed by atoms with van der Waals surface area (Å²) < 4.78 is 0. The molecule has 1 N–H and O–H groups in total. The second-order valence-corrected chi connectivity index (χ2v) is 8.49. The van der Waals surface area contributed by atoms with Crippen LogP contribution in [0.5, 0.6) is 0 Å². The van der Waals surface area contributed by atoms with Crippen LogP contribution in [0.4, 0.5) is 0 Å². The molecule has 3 heteroatoms. The van der Waals surface area contributed by atoms with Crippen LogP contribution in [0.2, 0.25) is 0 Å². The molecule has 0 spiro atoms. The van der Waals surface area contributed by atoms with Gasteiger partial charge in [0.25, 0.3) is 0 Å². The predicted octanol–water partition coefficient (Wildman–Crippen LogP) is 4.48. The van der Waals surface area contributed by atoms with Gasteiger partial charge in [-0.25, -0.2) is 0 Å². The van der Waals surface area contributed by atoms with Gasteiger partial charge in [0.1, 0.15) is 0 Å². The number of thioether (sulfide) groups is 2. The van der Waals surface area contributed by atoms with Crippen molar-refractivity contribution in [2.75, 3.05) is 18.1 Å². The first-order chi connectivity index (χ1) is 9.33. The molecule has 0 radical (unpaired) electrons. The summed E-state index contributed by atoms with van der Waals surface area (Å²) in [6.45, 7) is 5.87. The molecule has 1 aliphatic heterocycles. The minimum Gasteiger partial charge on any atom is -0.309 e. The minimum atomic E-state index is 0.630. The smallest absolute Gasteiger partial charge is 0.0410 e. The first-order valence-electron chi connectivity index (χ1n) is 7.98. The van der Waals surface area contributed by atoms with Crippen molar-refractivity contribution < 1.29 is 0 Å². The van der Waals surface area contributed by atoms with Crippen LogP contribution in [0, 0.1) is 0 Å². The number of allylic oxidation sites excluding steroid dienone is 1. The fourth-order valence-electron chi connectivity index (χ4n) is 3.10. The molecule has 1 nitrogen and oxygen atoms in total. The van der Waals surface area contributed by atoms with Gasteiger partial charge >= 0.3 is 0 Å². The fraction of sp³-hybridized carbons (Fsp3) is 0.875. The Morgan fingerprint density at radius 3 is 2.89 bits per heavy atom. The van der Waals surface area contributed by atoms with Gasteiger partial charge in [-0.1, -0.05) is 31.9 Å². The zero-order chi connectivity index (χ0) is 13.5. The van der Waals surface area contributed by atoms with Crippen molar-refractivity contribution in [1.29, 1.82) is 0 Å². The summed E-state index contributed by atoms with van der Waals surface area (Å²) >= 11 is 4.38. The van der Waals surface area contributed by atoms with Gasteiger partial charge in [0, 0.05) is 28.0 Å². The van der Waals surface area contributed by atoms with Gasteiger partial charge in [-0.2, -0.15) is 23.5 Å². The Morgan fingerprint density at radius 2 is 2.11 bits per heavy atom. The molecule has 3 unspecified atom stereocenters. The second kappa shape index (κ2) is 8.63. The summed E-state index contributed by atoms with van der Waals surface area (Å²) in [6.07, 6.45) is 10.6. The van der Waals surface area contributed by atoms with Crippen molar-refractivity contribution in [1.82, 2.24) is 5.32 Å². The second-order valence-electron chi connectivity index (χ2n) is 5.72. The fourth-order valence-corrected chi connectivity index (χ4v) is 6.06. The topological polar surface area (TPSA) is 12.0 Å². The molecule has 2 aliphatic rings. The molecule has 1 fully saturated rings.